The van der Waals surface area contributed by atoms with Gasteiger partial charge in [-0.25, -0.2) is 0 Å². The fraction of sp³-hybridized carbons (Fsp3) is 0.529. The summed E-state index contributed by atoms with van der Waals surface area (Å²) in [4.78, 5) is 16.5. The van der Waals surface area contributed by atoms with E-state index in [1.807, 2.05) is 24.8 Å². The molecule has 7 heteroatoms. The van der Waals surface area contributed by atoms with Crippen LogP contribution in [0.25, 0.3) is 0 Å². The zero-order valence-corrected chi connectivity index (χ0v) is 16.3. The van der Waals surface area contributed by atoms with Crippen molar-refractivity contribution < 1.29 is 4.79 Å². The predicted molar refractivity (Wildman–Crippen MR) is 105 cm³/mol. The van der Waals surface area contributed by atoms with Gasteiger partial charge in [0.25, 0.3) is 0 Å². The van der Waals surface area contributed by atoms with Gasteiger partial charge < -0.3 is 15.1 Å². The minimum atomic E-state index is 0.00667. The molecular formula is C17H23Cl2N3OS. The molecule has 0 aliphatic carbocycles. The number of rotatable bonds is 4. The molecule has 0 bridgehead atoms. The first-order valence-corrected chi connectivity index (χ1v) is 9.42. The smallest absolute Gasteiger partial charge is 0.227 e. The number of nitrogens with one attached hydrogen (secondary N) is 1. The molecule has 2 rings (SSSR count). The van der Waals surface area contributed by atoms with Crippen LogP contribution in [0.5, 0.6) is 0 Å². The molecule has 1 aliphatic heterocycles. The zero-order valence-electron chi connectivity index (χ0n) is 14.0. The molecule has 24 heavy (non-hydrogen) atoms. The molecule has 132 valence electrons. The molecule has 1 aliphatic rings. The van der Waals surface area contributed by atoms with E-state index in [0.717, 1.165) is 38.2 Å². The first-order valence-electron chi connectivity index (χ1n) is 8.26. The number of anilines is 1. The summed E-state index contributed by atoms with van der Waals surface area (Å²) in [7, 11) is 0. The van der Waals surface area contributed by atoms with Gasteiger partial charge in [-0.05, 0) is 57.1 Å². The summed E-state index contributed by atoms with van der Waals surface area (Å²) in [6.45, 7) is 7.03. The summed E-state index contributed by atoms with van der Waals surface area (Å²) in [6, 6.07) is 5.32. The highest BCUT2D eigenvalue weighted by Crippen LogP contribution is 2.26. The van der Waals surface area contributed by atoms with Gasteiger partial charge in [0.15, 0.2) is 5.11 Å². The summed E-state index contributed by atoms with van der Waals surface area (Å²) in [5.74, 6) is 0.231. The first-order chi connectivity index (χ1) is 11.5. The van der Waals surface area contributed by atoms with Crippen LogP contribution < -0.4 is 5.32 Å². The molecule has 4 nitrogen and oxygen atoms in total. The number of carbonyl (C=O) groups is 1. The van der Waals surface area contributed by atoms with Crippen LogP contribution in [0, 0.1) is 5.92 Å². The van der Waals surface area contributed by atoms with Crippen LogP contribution in [0.15, 0.2) is 18.2 Å². The van der Waals surface area contributed by atoms with E-state index >= 15 is 0 Å². The third kappa shape index (κ3) is 4.74. The van der Waals surface area contributed by atoms with Crippen molar-refractivity contribution in [3.63, 3.8) is 0 Å². The minimum absolute atomic E-state index is 0.00667. The summed E-state index contributed by atoms with van der Waals surface area (Å²) < 4.78 is 0. The number of thiocarbonyl (C=S) groups is 1. The number of piperidine rings is 1. The molecule has 1 aromatic carbocycles. The van der Waals surface area contributed by atoms with Gasteiger partial charge in [-0.15, -0.1) is 0 Å². The molecule has 1 aromatic rings. The number of likely N-dealkylation sites (tertiary alicyclic amines) is 1. The van der Waals surface area contributed by atoms with Crippen molar-refractivity contribution in [3.05, 3.63) is 28.2 Å². The van der Waals surface area contributed by atoms with E-state index in [4.69, 9.17) is 35.4 Å². The maximum Gasteiger partial charge on any atom is 0.227 e. The number of amides is 1. The third-order valence-corrected chi connectivity index (χ3v) is 5.40. The summed E-state index contributed by atoms with van der Waals surface area (Å²) in [5.41, 5.74) is 0.798. The largest absolute Gasteiger partial charge is 0.348 e. The van der Waals surface area contributed by atoms with Crippen molar-refractivity contribution in [2.24, 2.45) is 5.92 Å². The summed E-state index contributed by atoms with van der Waals surface area (Å²) in [5, 5.41) is 4.80. The fourth-order valence-corrected chi connectivity index (χ4v) is 3.51. The molecule has 0 spiro atoms. The molecule has 1 saturated heterocycles. The second-order valence-corrected chi connectivity index (χ2v) is 7.06. The van der Waals surface area contributed by atoms with Crippen LogP contribution in [0.1, 0.15) is 26.7 Å². The molecule has 0 radical (unpaired) electrons. The molecule has 0 unspecified atom stereocenters. The van der Waals surface area contributed by atoms with Crippen molar-refractivity contribution in [2.75, 3.05) is 31.5 Å². The average Bonchev–Trinajstić information content (AvgIpc) is 2.59. The van der Waals surface area contributed by atoms with Crippen LogP contribution in [0.3, 0.4) is 0 Å². The maximum atomic E-state index is 12.6. The van der Waals surface area contributed by atoms with Crippen LogP contribution in [-0.2, 0) is 4.79 Å². The Balaban J connectivity index is 1.99. The number of halogens is 2. The van der Waals surface area contributed by atoms with E-state index in [9.17, 15) is 4.79 Å². The van der Waals surface area contributed by atoms with Crippen molar-refractivity contribution in [1.82, 2.24) is 9.80 Å². The molecule has 1 amide bonds. The Morgan fingerprint density at radius 3 is 2.67 bits per heavy atom. The molecule has 0 saturated carbocycles. The summed E-state index contributed by atoms with van der Waals surface area (Å²) >= 11 is 17.5. The standard InChI is InChI=1S/C17H23Cl2N3OS/c1-3-21(4-2)16(23)12-6-5-9-22(11-12)17(24)20-13-7-8-14(18)15(19)10-13/h7-8,10,12H,3-6,9,11H2,1-2H3,(H,20,24)/t12-/m1/s1. The lowest BCUT2D eigenvalue weighted by Gasteiger charge is -2.36. The lowest BCUT2D eigenvalue weighted by Crippen LogP contribution is -2.47. The molecule has 1 fully saturated rings. The monoisotopic (exact) mass is 387 g/mol. The van der Waals surface area contributed by atoms with E-state index < -0.39 is 0 Å². The van der Waals surface area contributed by atoms with Gasteiger partial charge in [0.2, 0.25) is 5.91 Å². The Morgan fingerprint density at radius 2 is 2.04 bits per heavy atom. The highest BCUT2D eigenvalue weighted by molar-refractivity contribution is 7.80. The van der Waals surface area contributed by atoms with Gasteiger partial charge in [0, 0.05) is 31.9 Å². The van der Waals surface area contributed by atoms with E-state index in [1.54, 1.807) is 12.1 Å². The minimum Gasteiger partial charge on any atom is -0.348 e. The first kappa shape index (κ1) is 19.3. The number of hydrogen-bond acceptors (Lipinski definition) is 2. The Morgan fingerprint density at radius 1 is 1.33 bits per heavy atom. The Hall–Kier alpha value is -1.04. The number of benzene rings is 1. The number of hydrogen-bond donors (Lipinski definition) is 1. The van der Waals surface area contributed by atoms with E-state index in [2.05, 4.69) is 10.2 Å². The second-order valence-electron chi connectivity index (χ2n) is 5.85. The van der Waals surface area contributed by atoms with Gasteiger partial charge >= 0.3 is 0 Å². The fourth-order valence-electron chi connectivity index (χ4n) is 2.93. The van der Waals surface area contributed by atoms with Crippen molar-refractivity contribution in [2.45, 2.75) is 26.7 Å². The molecular weight excluding hydrogens is 365 g/mol. The summed E-state index contributed by atoms with van der Waals surface area (Å²) in [6.07, 6.45) is 1.88. The maximum absolute atomic E-state index is 12.6. The number of nitrogens with zero attached hydrogens (tertiary/aromatic N) is 2. The Bertz CT molecular complexity index is 607. The van der Waals surface area contributed by atoms with Crippen LogP contribution in [0.4, 0.5) is 5.69 Å². The quantitative estimate of drug-likeness (QED) is 0.782. The van der Waals surface area contributed by atoms with Crippen molar-refractivity contribution >= 4 is 52.1 Å². The SMILES string of the molecule is CCN(CC)C(=O)[C@@H]1CCCN(C(=S)Nc2ccc(Cl)c(Cl)c2)C1. The Kier molecular flexibility index (Phi) is 7.14. The highest BCUT2D eigenvalue weighted by atomic mass is 35.5. The van der Waals surface area contributed by atoms with Gasteiger partial charge in [-0.2, -0.15) is 0 Å². The normalized spacial score (nSPS) is 17.5. The van der Waals surface area contributed by atoms with Gasteiger partial charge in [0.05, 0.1) is 16.0 Å². The van der Waals surface area contributed by atoms with E-state index in [0.29, 0.717) is 21.7 Å². The van der Waals surface area contributed by atoms with Crippen molar-refractivity contribution in [1.29, 1.82) is 0 Å². The molecule has 1 atom stereocenters. The van der Waals surface area contributed by atoms with Crippen molar-refractivity contribution in [3.8, 4) is 0 Å². The molecule has 1 N–H and O–H groups in total. The second kappa shape index (κ2) is 8.88. The van der Waals surface area contributed by atoms with Crippen LogP contribution >= 0.6 is 35.4 Å². The van der Waals surface area contributed by atoms with Gasteiger partial charge in [-0.3, -0.25) is 4.79 Å². The van der Waals surface area contributed by atoms with Crippen LogP contribution in [0.2, 0.25) is 10.0 Å². The molecule has 1 heterocycles. The molecule has 0 aromatic heterocycles. The van der Waals surface area contributed by atoms with E-state index in [-0.39, 0.29) is 11.8 Å². The lowest BCUT2D eigenvalue weighted by atomic mass is 9.96. The Labute approximate surface area is 159 Å². The van der Waals surface area contributed by atoms with Gasteiger partial charge in [-0.1, -0.05) is 23.2 Å². The third-order valence-electron chi connectivity index (χ3n) is 4.30. The van der Waals surface area contributed by atoms with Crippen LogP contribution in [-0.4, -0.2) is 47.0 Å². The lowest BCUT2D eigenvalue weighted by molar-refractivity contribution is -0.136. The van der Waals surface area contributed by atoms with E-state index in [1.165, 1.54) is 0 Å². The zero-order chi connectivity index (χ0) is 17.7. The number of carbonyl (C=O) groups excluding carboxylic acids is 1. The topological polar surface area (TPSA) is 35.6 Å². The predicted octanol–water partition coefficient (Wildman–Crippen LogP) is 4.27. The van der Waals surface area contributed by atoms with Gasteiger partial charge in [0.1, 0.15) is 0 Å². The average molecular weight is 388 g/mol. The highest BCUT2D eigenvalue weighted by Gasteiger charge is 2.29.